The molecule has 2 heterocycles. The molecule has 2 aromatic carbocycles. The third-order valence-electron chi connectivity index (χ3n) is 6.24. The van der Waals surface area contributed by atoms with E-state index in [0.29, 0.717) is 6.04 Å². The van der Waals surface area contributed by atoms with Gasteiger partial charge in [0.15, 0.2) is 5.96 Å². The number of nitrogens with one attached hydrogen (secondary N) is 2. The molecule has 0 aliphatic carbocycles. The Labute approximate surface area is 190 Å². The van der Waals surface area contributed by atoms with Crippen molar-refractivity contribution in [3.63, 3.8) is 0 Å². The smallest absolute Gasteiger partial charge is 0.191 e. The summed E-state index contributed by atoms with van der Waals surface area (Å²) in [6.07, 6.45) is 2.52. The van der Waals surface area contributed by atoms with Crippen LogP contribution in [0.5, 0.6) is 5.75 Å². The highest BCUT2D eigenvalue weighted by atomic mass is 16.5. The molecule has 2 N–H and O–H groups in total. The number of aliphatic imine (C=N–C) groups is 1. The number of rotatable bonds is 8. The van der Waals surface area contributed by atoms with Crippen molar-refractivity contribution in [2.24, 2.45) is 4.99 Å². The number of para-hydroxylation sites is 2. The molecule has 7 nitrogen and oxygen atoms in total. The van der Waals surface area contributed by atoms with Gasteiger partial charge in [-0.25, -0.2) is 4.98 Å². The Hall–Kier alpha value is -3.06. The number of benzene rings is 2. The Morgan fingerprint density at radius 1 is 1.09 bits per heavy atom. The van der Waals surface area contributed by atoms with E-state index < -0.39 is 0 Å². The Balaban J connectivity index is 1.36. The van der Waals surface area contributed by atoms with Gasteiger partial charge in [-0.1, -0.05) is 24.3 Å². The predicted octanol–water partition coefficient (Wildman–Crippen LogP) is 3.36. The average Bonchev–Trinajstić information content (AvgIpc) is 3.46. The molecule has 4 rings (SSSR count). The first-order valence-electron chi connectivity index (χ1n) is 11.4. The molecule has 0 radical (unpaired) electrons. The topological polar surface area (TPSA) is 66.7 Å². The van der Waals surface area contributed by atoms with E-state index in [4.69, 9.17) is 4.74 Å². The highest BCUT2D eigenvalue weighted by Crippen LogP contribution is 2.26. The number of aromatic nitrogens is 2. The van der Waals surface area contributed by atoms with Gasteiger partial charge in [-0.2, -0.15) is 0 Å². The summed E-state index contributed by atoms with van der Waals surface area (Å²) in [6, 6.07) is 17.0. The van der Waals surface area contributed by atoms with Gasteiger partial charge >= 0.3 is 0 Å². The number of hydrogen-bond donors (Lipinski definition) is 2. The fraction of sp³-hybridized carbons (Fsp3) is 0.440. The van der Waals surface area contributed by atoms with Gasteiger partial charge in [-0.05, 0) is 62.7 Å². The normalized spacial score (nSPS) is 15.8. The van der Waals surface area contributed by atoms with Crippen molar-refractivity contribution in [1.29, 1.82) is 0 Å². The Bertz CT molecular complexity index is 1040. The number of likely N-dealkylation sites (tertiary alicyclic amines) is 1. The third kappa shape index (κ3) is 5.05. The van der Waals surface area contributed by atoms with Gasteiger partial charge < -0.3 is 19.9 Å². The molecule has 0 spiro atoms. The number of aryl methyl sites for hydroxylation is 1. The Morgan fingerprint density at radius 2 is 1.84 bits per heavy atom. The first-order valence-corrected chi connectivity index (χ1v) is 11.4. The lowest BCUT2D eigenvalue weighted by atomic mass is 10.1. The molecule has 1 unspecified atom stereocenters. The number of nitrogens with zero attached hydrogens (tertiary/aromatic N) is 4. The average molecular weight is 435 g/mol. The molecule has 32 heavy (non-hydrogen) atoms. The van der Waals surface area contributed by atoms with Crippen LogP contribution in [-0.4, -0.2) is 60.7 Å². The van der Waals surface area contributed by atoms with Gasteiger partial charge in [0.1, 0.15) is 11.6 Å². The summed E-state index contributed by atoms with van der Waals surface area (Å²) >= 11 is 0. The van der Waals surface area contributed by atoms with Crippen LogP contribution in [0.25, 0.3) is 11.0 Å². The van der Waals surface area contributed by atoms with Crippen LogP contribution in [-0.2, 0) is 6.54 Å². The quantitative estimate of drug-likeness (QED) is 0.420. The molecule has 1 aliphatic heterocycles. The number of guanidine groups is 1. The Kier molecular flexibility index (Phi) is 7.27. The fourth-order valence-corrected chi connectivity index (χ4v) is 4.52. The molecule has 3 aromatic rings. The minimum Gasteiger partial charge on any atom is -0.497 e. The molecule has 1 aromatic heterocycles. The minimum absolute atomic E-state index is 0.307. The second-order valence-corrected chi connectivity index (χ2v) is 8.21. The van der Waals surface area contributed by atoms with E-state index in [1.165, 1.54) is 23.9 Å². The summed E-state index contributed by atoms with van der Waals surface area (Å²) in [7, 11) is 3.53. The second kappa shape index (κ2) is 10.5. The molecule has 1 atom stereocenters. The summed E-state index contributed by atoms with van der Waals surface area (Å²) < 4.78 is 7.59. The molecule has 1 fully saturated rings. The van der Waals surface area contributed by atoms with Crippen molar-refractivity contribution < 1.29 is 4.74 Å². The second-order valence-electron chi connectivity index (χ2n) is 8.21. The molecule has 1 saturated heterocycles. The van der Waals surface area contributed by atoms with Crippen LogP contribution in [0, 0.1) is 6.92 Å². The highest BCUT2D eigenvalue weighted by Gasteiger charge is 2.23. The van der Waals surface area contributed by atoms with Gasteiger partial charge in [0.25, 0.3) is 0 Å². The number of ether oxygens (including phenoxy) is 1. The van der Waals surface area contributed by atoms with Gasteiger partial charge in [0.05, 0.1) is 24.2 Å². The van der Waals surface area contributed by atoms with Gasteiger partial charge in [-0.3, -0.25) is 9.89 Å². The van der Waals surface area contributed by atoms with Crippen LogP contribution >= 0.6 is 0 Å². The minimum atomic E-state index is 0.307. The van der Waals surface area contributed by atoms with Crippen LogP contribution in [0.4, 0.5) is 0 Å². The van der Waals surface area contributed by atoms with E-state index in [1.807, 2.05) is 25.2 Å². The van der Waals surface area contributed by atoms with E-state index in [9.17, 15) is 0 Å². The SMILES string of the molecule is CN=C(NCCn1c(C)nc2ccccc21)NCC(c1ccc(OC)cc1)N1CCCC1. The van der Waals surface area contributed by atoms with Crippen molar-refractivity contribution in [1.82, 2.24) is 25.1 Å². The van der Waals surface area contributed by atoms with Crippen molar-refractivity contribution in [3.05, 3.63) is 59.9 Å². The van der Waals surface area contributed by atoms with Crippen LogP contribution in [0.2, 0.25) is 0 Å². The number of hydrogen-bond acceptors (Lipinski definition) is 4. The lowest BCUT2D eigenvalue weighted by Crippen LogP contribution is -2.43. The largest absolute Gasteiger partial charge is 0.497 e. The zero-order valence-electron chi connectivity index (χ0n) is 19.3. The monoisotopic (exact) mass is 434 g/mol. The first-order chi connectivity index (χ1) is 15.7. The summed E-state index contributed by atoms with van der Waals surface area (Å²) in [5, 5.41) is 7.01. The Morgan fingerprint density at radius 3 is 2.56 bits per heavy atom. The van der Waals surface area contributed by atoms with Crippen LogP contribution < -0.4 is 15.4 Å². The standard InChI is InChI=1S/C25H34N6O/c1-19-29-22-8-4-5-9-23(22)31(19)17-14-27-25(26-2)28-18-24(30-15-6-7-16-30)20-10-12-21(32-3)13-11-20/h4-5,8-13,24H,6-7,14-18H2,1-3H3,(H2,26,27,28). The molecule has 0 amide bonds. The number of imidazole rings is 1. The van der Waals surface area contributed by atoms with E-state index in [1.54, 1.807) is 7.11 Å². The van der Waals surface area contributed by atoms with Crippen molar-refractivity contribution >= 4 is 17.0 Å². The molecular weight excluding hydrogens is 400 g/mol. The molecule has 170 valence electrons. The van der Waals surface area contributed by atoms with Gasteiger partial charge in [0.2, 0.25) is 0 Å². The first kappa shape index (κ1) is 22.1. The summed E-state index contributed by atoms with van der Waals surface area (Å²) in [4.78, 5) is 11.7. The molecule has 7 heteroatoms. The zero-order chi connectivity index (χ0) is 22.3. The van der Waals surface area contributed by atoms with Crippen molar-refractivity contribution in [2.45, 2.75) is 32.4 Å². The summed E-state index contributed by atoms with van der Waals surface area (Å²) in [5.41, 5.74) is 3.51. The highest BCUT2D eigenvalue weighted by molar-refractivity contribution is 5.79. The summed E-state index contributed by atoms with van der Waals surface area (Å²) in [5.74, 6) is 2.75. The molecular formula is C25H34N6O. The van der Waals surface area contributed by atoms with Crippen LogP contribution in [0.3, 0.4) is 0 Å². The van der Waals surface area contributed by atoms with Crippen LogP contribution in [0.15, 0.2) is 53.5 Å². The van der Waals surface area contributed by atoms with E-state index in [2.05, 4.69) is 67.3 Å². The summed E-state index contributed by atoms with van der Waals surface area (Å²) in [6.45, 7) is 6.75. The maximum Gasteiger partial charge on any atom is 0.191 e. The maximum atomic E-state index is 5.34. The van der Waals surface area contributed by atoms with E-state index in [0.717, 1.165) is 55.8 Å². The van der Waals surface area contributed by atoms with Crippen LogP contribution in [0.1, 0.15) is 30.3 Å². The fourth-order valence-electron chi connectivity index (χ4n) is 4.52. The van der Waals surface area contributed by atoms with Crippen molar-refractivity contribution in [3.8, 4) is 5.75 Å². The zero-order valence-corrected chi connectivity index (χ0v) is 19.3. The molecule has 0 bridgehead atoms. The molecule has 0 saturated carbocycles. The van der Waals surface area contributed by atoms with Gasteiger partial charge in [-0.15, -0.1) is 0 Å². The third-order valence-corrected chi connectivity index (χ3v) is 6.24. The molecule has 1 aliphatic rings. The van der Waals surface area contributed by atoms with E-state index in [-0.39, 0.29) is 0 Å². The van der Waals surface area contributed by atoms with Gasteiger partial charge in [0, 0.05) is 26.7 Å². The maximum absolute atomic E-state index is 5.34. The lowest BCUT2D eigenvalue weighted by molar-refractivity contribution is 0.245. The van der Waals surface area contributed by atoms with Crippen molar-refractivity contribution in [2.75, 3.05) is 40.3 Å². The number of methoxy groups -OCH3 is 1. The predicted molar refractivity (Wildman–Crippen MR) is 130 cm³/mol. The lowest BCUT2D eigenvalue weighted by Gasteiger charge is -2.29. The van der Waals surface area contributed by atoms with E-state index >= 15 is 0 Å². The number of fused-ring (bicyclic) bond motifs is 1.